The Hall–Kier alpha value is -2.40. The number of ether oxygens (including phenoxy) is 2. The number of halogens is 1. The Kier molecular flexibility index (Phi) is 6.53. The van der Waals surface area contributed by atoms with E-state index in [1.54, 1.807) is 0 Å². The molecule has 0 aliphatic carbocycles. The SMILES string of the molecule is CC(=O)c1ccc(OCC(O)COc2ccccc2C(C)C)cc1F. The molecule has 134 valence electrons. The molecule has 0 aliphatic heterocycles. The third-order valence-electron chi connectivity index (χ3n) is 3.73. The van der Waals surface area contributed by atoms with Crippen LogP contribution in [0.25, 0.3) is 0 Å². The van der Waals surface area contributed by atoms with Crippen molar-refractivity contribution < 1.29 is 23.8 Å². The fourth-order valence-corrected chi connectivity index (χ4v) is 2.39. The number of para-hydroxylation sites is 1. The highest BCUT2D eigenvalue weighted by Gasteiger charge is 2.12. The van der Waals surface area contributed by atoms with E-state index in [0.717, 1.165) is 17.4 Å². The molecular formula is C20H23FO4. The van der Waals surface area contributed by atoms with Crippen molar-refractivity contribution in [3.05, 3.63) is 59.4 Å². The van der Waals surface area contributed by atoms with E-state index in [-0.39, 0.29) is 30.3 Å². The maximum absolute atomic E-state index is 13.7. The second kappa shape index (κ2) is 8.62. The van der Waals surface area contributed by atoms with Crippen LogP contribution in [-0.2, 0) is 0 Å². The second-order valence-corrected chi connectivity index (χ2v) is 6.17. The van der Waals surface area contributed by atoms with Gasteiger partial charge >= 0.3 is 0 Å². The molecule has 4 nitrogen and oxygen atoms in total. The van der Waals surface area contributed by atoms with Gasteiger partial charge in [0.25, 0.3) is 0 Å². The minimum Gasteiger partial charge on any atom is -0.491 e. The number of carbonyl (C=O) groups is 1. The number of aliphatic hydroxyl groups excluding tert-OH is 1. The molecule has 25 heavy (non-hydrogen) atoms. The first kappa shape index (κ1) is 18.9. The van der Waals surface area contributed by atoms with Crippen molar-refractivity contribution in [2.75, 3.05) is 13.2 Å². The summed E-state index contributed by atoms with van der Waals surface area (Å²) in [5.74, 6) is 0.313. The summed E-state index contributed by atoms with van der Waals surface area (Å²) in [6, 6.07) is 11.7. The lowest BCUT2D eigenvalue weighted by atomic mass is 10.0. The maximum Gasteiger partial charge on any atom is 0.162 e. The third-order valence-corrected chi connectivity index (χ3v) is 3.73. The molecule has 0 saturated carbocycles. The minimum atomic E-state index is -0.865. The van der Waals surface area contributed by atoms with Crippen molar-refractivity contribution in [1.29, 1.82) is 0 Å². The van der Waals surface area contributed by atoms with Crippen LogP contribution < -0.4 is 9.47 Å². The van der Waals surface area contributed by atoms with E-state index in [4.69, 9.17) is 9.47 Å². The number of carbonyl (C=O) groups excluding carboxylic acids is 1. The fourth-order valence-electron chi connectivity index (χ4n) is 2.39. The smallest absolute Gasteiger partial charge is 0.162 e. The van der Waals surface area contributed by atoms with Crippen LogP contribution in [0.5, 0.6) is 11.5 Å². The molecule has 1 unspecified atom stereocenters. The normalized spacial score (nSPS) is 12.1. The van der Waals surface area contributed by atoms with Crippen LogP contribution in [-0.4, -0.2) is 30.2 Å². The molecule has 0 heterocycles. The van der Waals surface area contributed by atoms with Crippen molar-refractivity contribution in [2.24, 2.45) is 0 Å². The number of rotatable bonds is 8. The van der Waals surface area contributed by atoms with Gasteiger partial charge in [-0.15, -0.1) is 0 Å². The van der Waals surface area contributed by atoms with E-state index in [1.807, 2.05) is 24.3 Å². The van der Waals surface area contributed by atoms with Gasteiger partial charge in [-0.25, -0.2) is 4.39 Å². The summed E-state index contributed by atoms with van der Waals surface area (Å²) in [5.41, 5.74) is 1.08. The first-order valence-electron chi connectivity index (χ1n) is 8.21. The zero-order chi connectivity index (χ0) is 18.4. The lowest BCUT2D eigenvalue weighted by molar-refractivity contribution is 0.0621. The lowest BCUT2D eigenvalue weighted by Gasteiger charge is -2.17. The Morgan fingerprint density at radius 3 is 2.44 bits per heavy atom. The molecule has 0 saturated heterocycles. The molecule has 2 aromatic carbocycles. The molecule has 5 heteroatoms. The number of aliphatic hydroxyl groups is 1. The molecule has 2 aromatic rings. The number of hydrogen-bond donors (Lipinski definition) is 1. The van der Waals surface area contributed by atoms with Crippen LogP contribution >= 0.6 is 0 Å². The van der Waals surface area contributed by atoms with Crippen LogP contribution in [0.2, 0.25) is 0 Å². The van der Waals surface area contributed by atoms with E-state index < -0.39 is 11.9 Å². The lowest BCUT2D eigenvalue weighted by Crippen LogP contribution is -2.25. The first-order chi connectivity index (χ1) is 11.9. The van der Waals surface area contributed by atoms with Crippen LogP contribution in [0.15, 0.2) is 42.5 Å². The molecular weight excluding hydrogens is 323 g/mol. The van der Waals surface area contributed by atoms with Crippen LogP contribution in [0, 0.1) is 5.82 Å². The zero-order valence-corrected chi connectivity index (χ0v) is 14.7. The number of Topliss-reactive ketones (excluding diaryl/α,β-unsaturated/α-hetero) is 1. The molecule has 0 aromatic heterocycles. The molecule has 0 amide bonds. The van der Waals surface area contributed by atoms with Gasteiger partial charge in [-0.2, -0.15) is 0 Å². The molecule has 0 radical (unpaired) electrons. The van der Waals surface area contributed by atoms with Crippen LogP contribution in [0.3, 0.4) is 0 Å². The monoisotopic (exact) mass is 346 g/mol. The minimum absolute atomic E-state index is 0.0153. The van der Waals surface area contributed by atoms with Gasteiger partial charge in [-0.3, -0.25) is 4.79 Å². The molecule has 0 aliphatic rings. The molecule has 1 atom stereocenters. The quantitative estimate of drug-likeness (QED) is 0.735. The third kappa shape index (κ3) is 5.29. The van der Waals surface area contributed by atoms with Gasteiger partial charge in [0.2, 0.25) is 0 Å². The number of ketones is 1. The van der Waals surface area contributed by atoms with E-state index >= 15 is 0 Å². The summed E-state index contributed by atoms with van der Waals surface area (Å²) in [6.45, 7) is 5.47. The van der Waals surface area contributed by atoms with Gasteiger partial charge in [0, 0.05) is 6.07 Å². The summed E-state index contributed by atoms with van der Waals surface area (Å²) < 4.78 is 24.8. The number of hydrogen-bond acceptors (Lipinski definition) is 4. The van der Waals surface area contributed by atoms with Gasteiger partial charge in [0.1, 0.15) is 36.6 Å². The fraction of sp³-hybridized carbons (Fsp3) is 0.350. The molecule has 2 rings (SSSR count). The van der Waals surface area contributed by atoms with Gasteiger partial charge < -0.3 is 14.6 Å². The van der Waals surface area contributed by atoms with E-state index in [9.17, 15) is 14.3 Å². The average molecular weight is 346 g/mol. The summed E-state index contributed by atoms with van der Waals surface area (Å²) >= 11 is 0. The second-order valence-electron chi connectivity index (χ2n) is 6.17. The van der Waals surface area contributed by atoms with Crippen molar-refractivity contribution in [3.63, 3.8) is 0 Å². The van der Waals surface area contributed by atoms with Gasteiger partial charge in [-0.05, 0) is 36.6 Å². The largest absolute Gasteiger partial charge is 0.491 e. The Labute approximate surface area is 147 Å². The molecule has 0 bridgehead atoms. The zero-order valence-electron chi connectivity index (χ0n) is 14.7. The summed E-state index contributed by atoms with van der Waals surface area (Å²) in [6.07, 6.45) is -0.865. The Balaban J connectivity index is 1.88. The van der Waals surface area contributed by atoms with Crippen LogP contribution in [0.4, 0.5) is 4.39 Å². The average Bonchev–Trinajstić information content (AvgIpc) is 2.58. The number of benzene rings is 2. The van der Waals surface area contributed by atoms with Gasteiger partial charge in [0.15, 0.2) is 5.78 Å². The Bertz CT molecular complexity index is 727. The summed E-state index contributed by atoms with van der Waals surface area (Å²) in [4.78, 5) is 11.2. The van der Waals surface area contributed by atoms with Crippen molar-refractivity contribution in [2.45, 2.75) is 32.8 Å². The summed E-state index contributed by atoms with van der Waals surface area (Å²) in [7, 11) is 0. The van der Waals surface area contributed by atoms with E-state index in [1.165, 1.54) is 19.1 Å². The maximum atomic E-state index is 13.7. The molecule has 1 N–H and O–H groups in total. The summed E-state index contributed by atoms with van der Waals surface area (Å²) in [5, 5.41) is 10.0. The Morgan fingerprint density at radius 2 is 1.80 bits per heavy atom. The highest BCUT2D eigenvalue weighted by atomic mass is 19.1. The topological polar surface area (TPSA) is 55.8 Å². The van der Waals surface area contributed by atoms with Crippen molar-refractivity contribution in [3.8, 4) is 11.5 Å². The standard InChI is InChI=1S/C20H23FO4/c1-13(2)17-6-4-5-7-20(17)25-12-15(23)11-24-16-8-9-18(14(3)22)19(21)10-16/h4-10,13,15,23H,11-12H2,1-3H3. The predicted molar refractivity (Wildman–Crippen MR) is 93.9 cm³/mol. The van der Waals surface area contributed by atoms with Crippen molar-refractivity contribution in [1.82, 2.24) is 0 Å². The Morgan fingerprint density at radius 1 is 1.12 bits per heavy atom. The van der Waals surface area contributed by atoms with E-state index in [0.29, 0.717) is 5.92 Å². The molecule has 0 spiro atoms. The highest BCUT2D eigenvalue weighted by molar-refractivity contribution is 5.94. The molecule has 0 fully saturated rings. The van der Waals surface area contributed by atoms with Crippen molar-refractivity contribution >= 4 is 5.78 Å². The predicted octanol–water partition coefficient (Wildman–Crippen LogP) is 3.97. The van der Waals surface area contributed by atoms with Gasteiger partial charge in [0.05, 0.1) is 5.56 Å². The van der Waals surface area contributed by atoms with E-state index in [2.05, 4.69) is 13.8 Å². The highest BCUT2D eigenvalue weighted by Crippen LogP contribution is 2.26. The van der Waals surface area contributed by atoms with Gasteiger partial charge in [-0.1, -0.05) is 32.0 Å². The first-order valence-corrected chi connectivity index (χ1v) is 8.21. The van der Waals surface area contributed by atoms with Crippen LogP contribution in [0.1, 0.15) is 42.6 Å².